The molecular formula is C20H18F2N4O4. The van der Waals surface area contributed by atoms with Crippen molar-refractivity contribution in [2.75, 3.05) is 31.5 Å². The molecule has 1 fully saturated rings. The molecule has 1 aliphatic heterocycles. The summed E-state index contributed by atoms with van der Waals surface area (Å²) < 4.78 is 34.9. The molecule has 30 heavy (non-hydrogen) atoms. The third-order valence-electron chi connectivity index (χ3n) is 4.78. The second kappa shape index (κ2) is 8.36. The van der Waals surface area contributed by atoms with E-state index in [1.54, 1.807) is 34.1 Å². The van der Waals surface area contributed by atoms with Crippen LogP contribution in [0.15, 0.2) is 53.3 Å². The van der Waals surface area contributed by atoms with E-state index in [9.17, 15) is 18.4 Å². The Kier molecular flexibility index (Phi) is 5.46. The Morgan fingerprint density at radius 1 is 1.07 bits per heavy atom. The molecule has 0 atom stereocenters. The first-order valence-electron chi connectivity index (χ1n) is 9.24. The average molecular weight is 416 g/mol. The number of amides is 3. The maximum Gasteiger partial charge on any atom is 0.387 e. The lowest BCUT2D eigenvalue weighted by atomic mass is 10.1. The minimum absolute atomic E-state index is 0.0661. The number of urea groups is 1. The molecule has 3 aromatic rings. The minimum Gasteiger partial charge on any atom is -0.459 e. The van der Waals surface area contributed by atoms with Crippen LogP contribution < -0.4 is 10.1 Å². The third kappa shape index (κ3) is 4.02. The van der Waals surface area contributed by atoms with Gasteiger partial charge in [-0.3, -0.25) is 9.78 Å². The monoisotopic (exact) mass is 416 g/mol. The summed E-state index contributed by atoms with van der Waals surface area (Å²) in [6.45, 7) is -1.54. The smallest absolute Gasteiger partial charge is 0.387 e. The van der Waals surface area contributed by atoms with Crippen LogP contribution in [0.25, 0.3) is 10.9 Å². The Morgan fingerprint density at radius 3 is 2.53 bits per heavy atom. The number of furan rings is 1. The number of pyridine rings is 1. The second-order valence-corrected chi connectivity index (χ2v) is 6.58. The SMILES string of the molecule is O=C(Nc1ccc(OC(F)F)c2ncccc12)N1CCN(C(=O)c2ccco2)CC1. The van der Waals surface area contributed by atoms with Crippen molar-refractivity contribution in [3.05, 3.63) is 54.6 Å². The molecule has 3 amide bonds. The van der Waals surface area contributed by atoms with E-state index in [2.05, 4.69) is 15.0 Å². The van der Waals surface area contributed by atoms with E-state index in [1.807, 2.05) is 0 Å². The van der Waals surface area contributed by atoms with Crippen molar-refractivity contribution in [3.63, 3.8) is 0 Å². The fourth-order valence-electron chi connectivity index (χ4n) is 3.31. The Morgan fingerprint density at radius 2 is 1.83 bits per heavy atom. The van der Waals surface area contributed by atoms with Crippen molar-refractivity contribution in [2.24, 2.45) is 0 Å². The lowest BCUT2D eigenvalue weighted by Gasteiger charge is -2.34. The zero-order valence-corrected chi connectivity index (χ0v) is 15.8. The van der Waals surface area contributed by atoms with Gasteiger partial charge in [-0.25, -0.2) is 4.79 Å². The van der Waals surface area contributed by atoms with Crippen molar-refractivity contribution in [3.8, 4) is 5.75 Å². The van der Waals surface area contributed by atoms with E-state index in [0.29, 0.717) is 37.3 Å². The van der Waals surface area contributed by atoms with Gasteiger partial charge in [0.1, 0.15) is 5.52 Å². The predicted octanol–water partition coefficient (Wildman–Crippen LogP) is 3.42. The summed E-state index contributed by atoms with van der Waals surface area (Å²) >= 11 is 0. The Balaban J connectivity index is 1.43. The molecule has 4 rings (SSSR count). The van der Waals surface area contributed by atoms with Gasteiger partial charge in [0, 0.05) is 37.8 Å². The van der Waals surface area contributed by atoms with Crippen molar-refractivity contribution >= 4 is 28.5 Å². The highest BCUT2D eigenvalue weighted by molar-refractivity contribution is 6.02. The molecule has 0 radical (unpaired) electrons. The Hall–Kier alpha value is -3.69. The number of piperazine rings is 1. The van der Waals surface area contributed by atoms with Gasteiger partial charge in [-0.1, -0.05) is 0 Å². The maximum absolute atomic E-state index is 12.7. The fourth-order valence-corrected chi connectivity index (χ4v) is 3.31. The topological polar surface area (TPSA) is 87.9 Å². The van der Waals surface area contributed by atoms with Crippen LogP contribution in [0, 0.1) is 0 Å². The molecule has 1 aromatic carbocycles. The van der Waals surface area contributed by atoms with Crippen LogP contribution in [0.2, 0.25) is 0 Å². The molecule has 0 aliphatic carbocycles. The first kappa shape index (κ1) is 19.6. The fraction of sp³-hybridized carbons (Fsp3) is 0.250. The van der Waals surface area contributed by atoms with Crippen LogP contribution in [0.4, 0.5) is 19.3 Å². The van der Waals surface area contributed by atoms with Crippen LogP contribution in [0.3, 0.4) is 0 Å². The number of nitrogens with zero attached hydrogens (tertiary/aromatic N) is 3. The number of carbonyl (C=O) groups is 2. The summed E-state index contributed by atoms with van der Waals surface area (Å²) in [4.78, 5) is 32.3. The molecule has 0 spiro atoms. The number of anilines is 1. The molecule has 1 aliphatic rings. The van der Waals surface area contributed by atoms with Gasteiger partial charge in [-0.2, -0.15) is 8.78 Å². The van der Waals surface area contributed by atoms with Crippen molar-refractivity contribution < 1.29 is 27.5 Å². The number of halogens is 2. The van der Waals surface area contributed by atoms with Gasteiger partial charge in [0.25, 0.3) is 5.91 Å². The van der Waals surface area contributed by atoms with Crippen LogP contribution in [0.1, 0.15) is 10.6 Å². The number of ether oxygens (including phenoxy) is 1. The molecule has 0 unspecified atom stereocenters. The molecule has 8 nitrogen and oxygen atoms in total. The van der Waals surface area contributed by atoms with Crippen LogP contribution in [-0.4, -0.2) is 59.5 Å². The quantitative estimate of drug-likeness (QED) is 0.704. The number of carbonyl (C=O) groups excluding carboxylic acids is 2. The number of hydrogen-bond donors (Lipinski definition) is 1. The normalized spacial score (nSPS) is 14.2. The molecule has 1 saturated heterocycles. The molecule has 0 bridgehead atoms. The minimum atomic E-state index is -2.98. The van der Waals surface area contributed by atoms with E-state index in [-0.39, 0.29) is 29.0 Å². The van der Waals surface area contributed by atoms with Gasteiger partial charge in [-0.15, -0.1) is 0 Å². The molecule has 10 heteroatoms. The van der Waals surface area contributed by atoms with Gasteiger partial charge in [0.05, 0.1) is 12.0 Å². The first-order chi connectivity index (χ1) is 14.5. The Bertz CT molecular complexity index is 1050. The highest BCUT2D eigenvalue weighted by Crippen LogP contribution is 2.31. The van der Waals surface area contributed by atoms with Crippen LogP contribution in [0.5, 0.6) is 5.75 Å². The molecular weight excluding hydrogens is 398 g/mol. The third-order valence-corrected chi connectivity index (χ3v) is 4.78. The highest BCUT2D eigenvalue weighted by atomic mass is 19.3. The molecule has 2 aromatic heterocycles. The zero-order valence-electron chi connectivity index (χ0n) is 15.8. The number of alkyl halides is 2. The lowest BCUT2D eigenvalue weighted by Crippen LogP contribution is -2.51. The lowest BCUT2D eigenvalue weighted by molar-refractivity contribution is -0.0489. The van der Waals surface area contributed by atoms with E-state index < -0.39 is 6.61 Å². The van der Waals surface area contributed by atoms with Crippen LogP contribution in [-0.2, 0) is 0 Å². The molecule has 0 saturated carbocycles. The van der Waals surface area contributed by atoms with Gasteiger partial charge >= 0.3 is 12.6 Å². The van der Waals surface area contributed by atoms with E-state index in [1.165, 1.54) is 24.6 Å². The first-order valence-corrected chi connectivity index (χ1v) is 9.24. The highest BCUT2D eigenvalue weighted by Gasteiger charge is 2.26. The summed E-state index contributed by atoms with van der Waals surface area (Å²) in [6, 6.07) is 9.04. The second-order valence-electron chi connectivity index (χ2n) is 6.58. The van der Waals surface area contributed by atoms with E-state index >= 15 is 0 Å². The average Bonchev–Trinajstić information content (AvgIpc) is 3.29. The Labute approximate surface area is 170 Å². The number of hydrogen-bond acceptors (Lipinski definition) is 5. The predicted molar refractivity (Wildman–Crippen MR) is 104 cm³/mol. The number of rotatable bonds is 4. The van der Waals surface area contributed by atoms with Gasteiger partial charge < -0.3 is 24.3 Å². The zero-order chi connectivity index (χ0) is 21.1. The number of fused-ring (bicyclic) bond motifs is 1. The van der Waals surface area contributed by atoms with Crippen molar-refractivity contribution in [1.82, 2.24) is 14.8 Å². The maximum atomic E-state index is 12.7. The standard InChI is InChI=1S/C20H18F2N4O4/c21-19(22)30-15-6-5-14(13-3-1-7-23-17(13)15)24-20(28)26-10-8-25(9-11-26)18(27)16-4-2-12-29-16/h1-7,12,19H,8-11H2,(H,24,28). The summed E-state index contributed by atoms with van der Waals surface area (Å²) in [5.74, 6) is -0.0200. The van der Waals surface area contributed by atoms with Gasteiger partial charge in [0.2, 0.25) is 0 Å². The number of nitrogens with one attached hydrogen (secondary N) is 1. The largest absolute Gasteiger partial charge is 0.459 e. The van der Waals surface area contributed by atoms with Crippen molar-refractivity contribution in [2.45, 2.75) is 6.61 Å². The molecule has 156 valence electrons. The van der Waals surface area contributed by atoms with Crippen molar-refractivity contribution in [1.29, 1.82) is 0 Å². The molecule has 3 heterocycles. The van der Waals surface area contributed by atoms with E-state index in [0.717, 1.165) is 0 Å². The molecule has 1 N–H and O–H groups in total. The van der Waals surface area contributed by atoms with Gasteiger partial charge in [-0.05, 0) is 36.4 Å². The summed E-state index contributed by atoms with van der Waals surface area (Å²) in [5, 5.41) is 3.27. The van der Waals surface area contributed by atoms with Gasteiger partial charge in [0.15, 0.2) is 11.5 Å². The number of benzene rings is 1. The summed E-state index contributed by atoms with van der Waals surface area (Å²) in [5.41, 5.74) is 0.656. The van der Waals surface area contributed by atoms with E-state index in [4.69, 9.17) is 4.42 Å². The number of aromatic nitrogens is 1. The summed E-state index contributed by atoms with van der Waals surface area (Å²) in [6.07, 6.45) is 2.90. The van der Waals surface area contributed by atoms with Crippen LogP contribution >= 0.6 is 0 Å². The summed E-state index contributed by atoms with van der Waals surface area (Å²) in [7, 11) is 0.